The molecule has 12 heavy (non-hydrogen) atoms. The summed E-state index contributed by atoms with van der Waals surface area (Å²) in [4.78, 5) is 0. The van der Waals surface area contributed by atoms with Gasteiger partial charge in [0, 0.05) is 0 Å². The van der Waals surface area contributed by atoms with E-state index >= 15 is 0 Å². The highest BCUT2D eigenvalue weighted by Crippen LogP contribution is 2.21. The fourth-order valence-electron chi connectivity index (χ4n) is 0.877. The lowest BCUT2D eigenvalue weighted by molar-refractivity contribution is -0.190. The summed E-state index contributed by atoms with van der Waals surface area (Å²) < 4.78 is 4.46. The van der Waals surface area contributed by atoms with Gasteiger partial charge in [-0.05, 0) is 0 Å². The predicted molar refractivity (Wildman–Crippen MR) is 35.8 cm³/mol. The molecule has 0 radical (unpaired) electrons. The molecule has 0 amide bonds. The summed E-state index contributed by atoms with van der Waals surface area (Å²) in [5.74, 6) is -0.990. The zero-order chi connectivity index (χ0) is 9.30. The van der Waals surface area contributed by atoms with E-state index in [4.69, 9.17) is 25.5 Å². The van der Waals surface area contributed by atoms with Crippen molar-refractivity contribution in [3.63, 3.8) is 0 Å². The molecular weight excluding hydrogens is 168 g/mol. The molecule has 6 nitrogen and oxygen atoms in total. The molecule has 0 fully saturated rings. The van der Waals surface area contributed by atoms with Crippen LogP contribution >= 0.6 is 0 Å². The van der Waals surface area contributed by atoms with Gasteiger partial charge in [-0.3, -0.25) is 0 Å². The summed E-state index contributed by atoms with van der Waals surface area (Å²) in [7, 11) is 0. The van der Waals surface area contributed by atoms with Crippen LogP contribution in [-0.4, -0.2) is 50.6 Å². The first-order valence-electron chi connectivity index (χ1n) is 3.31. The predicted octanol–water partition coefficient (Wildman–Crippen LogP) is -2.18. The maximum absolute atomic E-state index is 9.01. The van der Waals surface area contributed by atoms with Crippen molar-refractivity contribution in [2.45, 2.75) is 18.5 Å². The molecule has 0 aromatic rings. The molecule has 1 unspecified atom stereocenters. The summed E-state index contributed by atoms with van der Waals surface area (Å²) in [6.07, 6.45) is -4.84. The van der Waals surface area contributed by atoms with Gasteiger partial charge in [-0.2, -0.15) is 0 Å². The standard InChI is InChI=1S/C6H10O6/c7-1-2-3(8)4(9)5(10)6(11)12-2/h4-11H,1H2/t4-,5-,6?/m0/s1. The summed E-state index contributed by atoms with van der Waals surface area (Å²) in [6.45, 7) is -0.646. The number of aliphatic hydroxyl groups excluding tert-OH is 5. The lowest BCUT2D eigenvalue weighted by Gasteiger charge is -2.29. The smallest absolute Gasteiger partial charge is 0.226 e. The van der Waals surface area contributed by atoms with Crippen molar-refractivity contribution in [2.24, 2.45) is 0 Å². The molecule has 0 aliphatic carbocycles. The Bertz CT molecular complexity index is 200. The van der Waals surface area contributed by atoms with Gasteiger partial charge in [0.1, 0.15) is 18.8 Å². The molecule has 0 aromatic heterocycles. The van der Waals surface area contributed by atoms with Crippen molar-refractivity contribution in [3.05, 3.63) is 11.5 Å². The lowest BCUT2D eigenvalue weighted by Crippen LogP contribution is -2.44. The van der Waals surface area contributed by atoms with Crippen LogP contribution in [0.25, 0.3) is 0 Å². The van der Waals surface area contributed by atoms with Crippen LogP contribution in [0, 0.1) is 0 Å². The van der Waals surface area contributed by atoms with E-state index in [1.165, 1.54) is 0 Å². The molecule has 3 atom stereocenters. The first-order chi connectivity index (χ1) is 5.57. The number of hydrogen-bond donors (Lipinski definition) is 5. The number of aliphatic hydroxyl groups is 5. The van der Waals surface area contributed by atoms with Gasteiger partial charge in [-0.25, -0.2) is 0 Å². The molecule has 1 heterocycles. The highest BCUT2D eigenvalue weighted by molar-refractivity contribution is 5.11. The number of hydrogen-bond acceptors (Lipinski definition) is 6. The van der Waals surface area contributed by atoms with E-state index in [0.29, 0.717) is 0 Å². The summed E-state index contributed by atoms with van der Waals surface area (Å²) >= 11 is 0. The molecule has 0 aromatic carbocycles. The molecular formula is C6H10O6. The normalized spacial score (nSPS) is 36.5. The van der Waals surface area contributed by atoms with Gasteiger partial charge < -0.3 is 30.3 Å². The van der Waals surface area contributed by atoms with Crippen LogP contribution in [0.15, 0.2) is 11.5 Å². The van der Waals surface area contributed by atoms with Crippen molar-refractivity contribution < 1.29 is 30.3 Å². The van der Waals surface area contributed by atoms with E-state index in [1.54, 1.807) is 0 Å². The van der Waals surface area contributed by atoms with E-state index in [9.17, 15) is 0 Å². The van der Waals surface area contributed by atoms with E-state index in [2.05, 4.69) is 4.74 Å². The van der Waals surface area contributed by atoms with Gasteiger partial charge in [0.25, 0.3) is 0 Å². The molecule has 1 aliphatic heterocycles. The fourth-order valence-corrected chi connectivity index (χ4v) is 0.877. The van der Waals surface area contributed by atoms with Gasteiger partial charge in [-0.15, -0.1) is 0 Å². The Morgan fingerprint density at radius 1 is 1.25 bits per heavy atom. The highest BCUT2D eigenvalue weighted by atomic mass is 16.6. The Morgan fingerprint density at radius 2 is 1.83 bits per heavy atom. The van der Waals surface area contributed by atoms with Crippen LogP contribution < -0.4 is 0 Å². The Morgan fingerprint density at radius 3 is 2.33 bits per heavy atom. The average molecular weight is 178 g/mol. The van der Waals surface area contributed by atoms with Crippen molar-refractivity contribution >= 4 is 0 Å². The Labute approximate surface area is 68.0 Å². The van der Waals surface area contributed by atoms with Crippen LogP contribution in [0.3, 0.4) is 0 Å². The van der Waals surface area contributed by atoms with Crippen molar-refractivity contribution in [1.29, 1.82) is 0 Å². The Balaban J connectivity index is 2.87. The zero-order valence-corrected chi connectivity index (χ0v) is 6.08. The largest absolute Gasteiger partial charge is 0.506 e. The maximum atomic E-state index is 9.01. The molecule has 0 saturated heterocycles. The van der Waals surface area contributed by atoms with Crippen LogP contribution in [0.5, 0.6) is 0 Å². The Hall–Kier alpha value is -0.820. The minimum Gasteiger partial charge on any atom is -0.506 e. The molecule has 70 valence electrons. The second-order valence-corrected chi connectivity index (χ2v) is 2.41. The molecule has 0 saturated carbocycles. The summed E-state index contributed by atoms with van der Waals surface area (Å²) in [5.41, 5.74) is 0. The average Bonchev–Trinajstić information content (AvgIpc) is 2.08. The van der Waals surface area contributed by atoms with Crippen molar-refractivity contribution in [2.75, 3.05) is 6.61 Å². The zero-order valence-electron chi connectivity index (χ0n) is 6.08. The SMILES string of the molecule is OCC1=C(O)[C@H](O)[C@H](O)C(O)O1. The molecule has 5 N–H and O–H groups in total. The molecule has 1 aliphatic rings. The van der Waals surface area contributed by atoms with Gasteiger partial charge in [-0.1, -0.05) is 0 Å². The quantitative estimate of drug-likeness (QED) is 0.312. The van der Waals surface area contributed by atoms with Gasteiger partial charge in [0.2, 0.25) is 6.29 Å². The van der Waals surface area contributed by atoms with E-state index in [1.807, 2.05) is 0 Å². The third kappa shape index (κ3) is 1.37. The molecule has 0 bridgehead atoms. The van der Waals surface area contributed by atoms with Gasteiger partial charge in [0.15, 0.2) is 11.5 Å². The topological polar surface area (TPSA) is 110 Å². The van der Waals surface area contributed by atoms with Gasteiger partial charge in [0.05, 0.1) is 0 Å². The number of rotatable bonds is 1. The summed E-state index contributed by atoms with van der Waals surface area (Å²) in [6, 6.07) is 0. The monoisotopic (exact) mass is 178 g/mol. The third-order valence-electron chi connectivity index (χ3n) is 1.59. The fraction of sp³-hybridized carbons (Fsp3) is 0.667. The second kappa shape index (κ2) is 3.28. The van der Waals surface area contributed by atoms with Crippen LogP contribution in [0.1, 0.15) is 0 Å². The lowest BCUT2D eigenvalue weighted by atomic mass is 10.1. The minimum atomic E-state index is -1.63. The summed E-state index contributed by atoms with van der Waals surface area (Å²) in [5, 5.41) is 44.4. The Kier molecular flexibility index (Phi) is 2.53. The van der Waals surface area contributed by atoms with Crippen LogP contribution in [0.4, 0.5) is 0 Å². The van der Waals surface area contributed by atoms with Crippen molar-refractivity contribution in [1.82, 2.24) is 0 Å². The van der Waals surface area contributed by atoms with E-state index in [0.717, 1.165) is 0 Å². The first kappa shape index (κ1) is 9.27. The molecule has 6 heteroatoms. The third-order valence-corrected chi connectivity index (χ3v) is 1.59. The van der Waals surface area contributed by atoms with Crippen molar-refractivity contribution in [3.8, 4) is 0 Å². The van der Waals surface area contributed by atoms with E-state index < -0.39 is 30.9 Å². The molecule has 1 rings (SSSR count). The molecule has 0 spiro atoms. The van der Waals surface area contributed by atoms with E-state index in [-0.39, 0.29) is 5.76 Å². The van der Waals surface area contributed by atoms with Crippen LogP contribution in [0.2, 0.25) is 0 Å². The van der Waals surface area contributed by atoms with Gasteiger partial charge >= 0.3 is 0 Å². The van der Waals surface area contributed by atoms with Crippen LogP contribution in [-0.2, 0) is 4.74 Å². The minimum absolute atomic E-state index is 0.333. The number of ether oxygens (including phenoxy) is 1. The maximum Gasteiger partial charge on any atom is 0.226 e. The first-order valence-corrected chi connectivity index (χ1v) is 3.31. The second-order valence-electron chi connectivity index (χ2n) is 2.41. The highest BCUT2D eigenvalue weighted by Gasteiger charge is 2.36.